The summed E-state index contributed by atoms with van der Waals surface area (Å²) in [6.07, 6.45) is 3.06. The standard InChI is InChI=1S/C20H16IN3O2S/c1-14(25)24(18-5-3-2-4-6-18)20-23-17(13-27-20)11-12-19(26)22-16-9-7-15(21)8-10-16/h2-13H,1H3,(H,22,26). The maximum atomic E-state index is 12.1. The van der Waals surface area contributed by atoms with Crippen molar-refractivity contribution >= 4 is 68.3 Å². The van der Waals surface area contributed by atoms with Crippen molar-refractivity contribution in [2.45, 2.75) is 6.92 Å². The lowest BCUT2D eigenvalue weighted by Crippen LogP contribution is -2.22. The number of hydrogen-bond acceptors (Lipinski definition) is 4. The van der Waals surface area contributed by atoms with Crippen molar-refractivity contribution in [3.8, 4) is 0 Å². The molecule has 0 saturated heterocycles. The van der Waals surface area contributed by atoms with Crippen LogP contribution in [0.25, 0.3) is 6.08 Å². The SMILES string of the molecule is CC(=O)N(c1ccccc1)c1nc(C=CC(=O)Nc2ccc(I)cc2)cs1. The number of anilines is 3. The molecule has 27 heavy (non-hydrogen) atoms. The molecule has 136 valence electrons. The van der Waals surface area contributed by atoms with Crippen LogP contribution in [0.2, 0.25) is 0 Å². The molecule has 2 amide bonds. The van der Waals surface area contributed by atoms with Gasteiger partial charge in [0, 0.05) is 27.6 Å². The summed E-state index contributed by atoms with van der Waals surface area (Å²) in [4.78, 5) is 30.1. The summed E-state index contributed by atoms with van der Waals surface area (Å²) >= 11 is 3.56. The third-order valence-corrected chi connectivity index (χ3v) is 5.11. The third kappa shape index (κ3) is 5.24. The maximum absolute atomic E-state index is 12.1. The smallest absolute Gasteiger partial charge is 0.248 e. The summed E-state index contributed by atoms with van der Waals surface area (Å²) in [5.41, 5.74) is 2.11. The van der Waals surface area contributed by atoms with E-state index >= 15 is 0 Å². The zero-order chi connectivity index (χ0) is 19.2. The van der Waals surface area contributed by atoms with Crippen LogP contribution in [-0.2, 0) is 9.59 Å². The van der Waals surface area contributed by atoms with Crippen molar-refractivity contribution in [2.24, 2.45) is 0 Å². The zero-order valence-corrected chi connectivity index (χ0v) is 17.4. The Kier molecular flexibility index (Phi) is 6.36. The number of halogens is 1. The average molecular weight is 489 g/mol. The van der Waals surface area contributed by atoms with Gasteiger partial charge in [-0.15, -0.1) is 11.3 Å². The Balaban J connectivity index is 1.71. The molecule has 2 aromatic carbocycles. The van der Waals surface area contributed by atoms with E-state index in [1.54, 1.807) is 11.0 Å². The number of rotatable bonds is 5. The number of hydrogen-bond donors (Lipinski definition) is 1. The minimum Gasteiger partial charge on any atom is -0.323 e. The topological polar surface area (TPSA) is 62.3 Å². The van der Waals surface area contributed by atoms with E-state index in [0.717, 1.165) is 14.9 Å². The van der Waals surface area contributed by atoms with Crippen LogP contribution in [0.1, 0.15) is 12.6 Å². The number of nitrogens with zero attached hydrogens (tertiary/aromatic N) is 2. The highest BCUT2D eigenvalue weighted by Gasteiger charge is 2.17. The second kappa shape index (κ2) is 8.92. The van der Waals surface area contributed by atoms with E-state index in [2.05, 4.69) is 32.9 Å². The van der Waals surface area contributed by atoms with Crippen LogP contribution < -0.4 is 10.2 Å². The molecule has 0 bridgehead atoms. The van der Waals surface area contributed by atoms with E-state index in [9.17, 15) is 9.59 Å². The van der Waals surface area contributed by atoms with E-state index in [4.69, 9.17) is 0 Å². The minimum absolute atomic E-state index is 0.123. The summed E-state index contributed by atoms with van der Waals surface area (Å²) in [6, 6.07) is 16.9. The lowest BCUT2D eigenvalue weighted by Gasteiger charge is -2.17. The number of nitrogens with one attached hydrogen (secondary N) is 1. The minimum atomic E-state index is -0.239. The van der Waals surface area contributed by atoms with Crippen LogP contribution in [0.3, 0.4) is 0 Å². The fourth-order valence-corrected chi connectivity index (χ4v) is 3.55. The third-order valence-electron chi connectivity index (χ3n) is 3.55. The highest BCUT2D eigenvalue weighted by atomic mass is 127. The lowest BCUT2D eigenvalue weighted by molar-refractivity contribution is -0.116. The highest BCUT2D eigenvalue weighted by molar-refractivity contribution is 14.1. The van der Waals surface area contributed by atoms with Crippen molar-refractivity contribution in [2.75, 3.05) is 10.2 Å². The zero-order valence-electron chi connectivity index (χ0n) is 14.4. The van der Waals surface area contributed by atoms with Gasteiger partial charge in [-0.3, -0.25) is 14.5 Å². The predicted molar refractivity (Wildman–Crippen MR) is 118 cm³/mol. The van der Waals surface area contributed by atoms with Gasteiger partial charge in [-0.2, -0.15) is 0 Å². The van der Waals surface area contributed by atoms with Crippen LogP contribution in [0, 0.1) is 3.57 Å². The van der Waals surface area contributed by atoms with Crippen molar-refractivity contribution < 1.29 is 9.59 Å². The van der Waals surface area contributed by atoms with E-state index in [1.165, 1.54) is 24.3 Å². The molecule has 3 rings (SSSR count). The molecule has 0 radical (unpaired) electrons. The van der Waals surface area contributed by atoms with Crippen molar-refractivity contribution in [3.63, 3.8) is 0 Å². The number of benzene rings is 2. The van der Waals surface area contributed by atoms with Crippen LogP contribution in [0.15, 0.2) is 66.1 Å². The van der Waals surface area contributed by atoms with Crippen LogP contribution in [-0.4, -0.2) is 16.8 Å². The quantitative estimate of drug-likeness (QED) is 0.402. The van der Waals surface area contributed by atoms with Crippen molar-refractivity contribution in [1.29, 1.82) is 0 Å². The van der Waals surface area contributed by atoms with E-state index < -0.39 is 0 Å². The molecule has 0 aliphatic rings. The fraction of sp³-hybridized carbons (Fsp3) is 0.0500. The summed E-state index contributed by atoms with van der Waals surface area (Å²) in [7, 11) is 0. The molecular weight excluding hydrogens is 473 g/mol. The van der Waals surface area contributed by atoms with Gasteiger partial charge in [0.15, 0.2) is 5.13 Å². The first kappa shape index (κ1) is 19.2. The number of carbonyl (C=O) groups is 2. The van der Waals surface area contributed by atoms with Gasteiger partial charge in [-0.25, -0.2) is 4.98 Å². The largest absolute Gasteiger partial charge is 0.323 e. The normalized spacial score (nSPS) is 10.7. The average Bonchev–Trinajstić information content (AvgIpc) is 3.11. The number of amides is 2. The second-order valence-electron chi connectivity index (χ2n) is 5.57. The Bertz CT molecular complexity index is 968. The van der Waals surface area contributed by atoms with Crippen LogP contribution in [0.5, 0.6) is 0 Å². The first-order chi connectivity index (χ1) is 13.0. The monoisotopic (exact) mass is 489 g/mol. The molecule has 0 saturated carbocycles. The fourth-order valence-electron chi connectivity index (χ4n) is 2.34. The van der Waals surface area contributed by atoms with Gasteiger partial charge in [-0.05, 0) is 65.1 Å². The predicted octanol–water partition coefficient (Wildman–Crippen LogP) is 5.08. The van der Waals surface area contributed by atoms with E-state index in [1.807, 2.05) is 60.0 Å². The molecule has 1 N–H and O–H groups in total. The van der Waals surface area contributed by atoms with Gasteiger partial charge in [0.05, 0.1) is 11.4 Å². The number of para-hydroxylation sites is 1. The first-order valence-corrected chi connectivity index (χ1v) is 10.0. The molecule has 5 nitrogen and oxygen atoms in total. The van der Waals surface area contributed by atoms with Gasteiger partial charge in [-0.1, -0.05) is 18.2 Å². The highest BCUT2D eigenvalue weighted by Crippen LogP contribution is 2.29. The Labute approximate surface area is 174 Å². The molecule has 0 unspecified atom stereocenters. The maximum Gasteiger partial charge on any atom is 0.248 e. The second-order valence-corrected chi connectivity index (χ2v) is 7.66. The lowest BCUT2D eigenvalue weighted by atomic mass is 10.3. The summed E-state index contributed by atoms with van der Waals surface area (Å²) in [5.74, 6) is -0.361. The molecular formula is C20H16IN3O2S. The Morgan fingerprint density at radius 1 is 1.11 bits per heavy atom. The van der Waals surface area contributed by atoms with Gasteiger partial charge in [0.25, 0.3) is 0 Å². The van der Waals surface area contributed by atoms with E-state index in [-0.39, 0.29) is 11.8 Å². The number of thiazole rings is 1. The molecule has 0 aliphatic carbocycles. The van der Waals surface area contributed by atoms with Crippen molar-refractivity contribution in [1.82, 2.24) is 4.98 Å². The van der Waals surface area contributed by atoms with Gasteiger partial charge >= 0.3 is 0 Å². The molecule has 0 aliphatic heterocycles. The van der Waals surface area contributed by atoms with Gasteiger partial charge in [0.2, 0.25) is 11.8 Å². The molecule has 0 spiro atoms. The Morgan fingerprint density at radius 2 is 1.81 bits per heavy atom. The summed E-state index contributed by atoms with van der Waals surface area (Å²) < 4.78 is 1.10. The Hall–Kier alpha value is -2.52. The molecule has 7 heteroatoms. The molecule has 1 aromatic heterocycles. The van der Waals surface area contributed by atoms with Crippen molar-refractivity contribution in [3.05, 3.63) is 75.3 Å². The molecule has 0 fully saturated rings. The van der Waals surface area contributed by atoms with Crippen LogP contribution in [0.4, 0.5) is 16.5 Å². The molecule has 3 aromatic rings. The molecule has 0 atom stereocenters. The van der Waals surface area contributed by atoms with Gasteiger partial charge in [0.1, 0.15) is 0 Å². The molecule has 1 heterocycles. The first-order valence-electron chi connectivity index (χ1n) is 8.09. The van der Waals surface area contributed by atoms with Gasteiger partial charge < -0.3 is 5.32 Å². The van der Waals surface area contributed by atoms with Crippen LogP contribution >= 0.6 is 33.9 Å². The number of aromatic nitrogens is 1. The summed E-state index contributed by atoms with van der Waals surface area (Å²) in [5, 5.41) is 5.16. The Morgan fingerprint density at radius 3 is 2.48 bits per heavy atom. The van der Waals surface area contributed by atoms with E-state index in [0.29, 0.717) is 10.8 Å². The summed E-state index contributed by atoms with van der Waals surface area (Å²) in [6.45, 7) is 1.50. The number of carbonyl (C=O) groups excluding carboxylic acids is 2.